The van der Waals surface area contributed by atoms with E-state index in [1.807, 2.05) is 6.07 Å². The first-order valence-corrected chi connectivity index (χ1v) is 6.30. The van der Waals surface area contributed by atoms with Crippen LogP contribution in [0.4, 0.5) is 4.39 Å². The van der Waals surface area contributed by atoms with E-state index in [0.29, 0.717) is 17.9 Å². The second-order valence-corrected chi connectivity index (χ2v) is 4.26. The molecule has 0 aliphatic heterocycles. The van der Waals surface area contributed by atoms with Crippen molar-refractivity contribution in [3.05, 3.63) is 29.6 Å². The van der Waals surface area contributed by atoms with E-state index in [1.165, 1.54) is 0 Å². The molecule has 0 aromatic heterocycles. The van der Waals surface area contributed by atoms with E-state index in [1.54, 1.807) is 19.1 Å². The third-order valence-electron chi connectivity index (χ3n) is 2.77. The van der Waals surface area contributed by atoms with Gasteiger partial charge in [-0.3, -0.25) is 0 Å². The molecule has 17 heavy (non-hydrogen) atoms. The summed E-state index contributed by atoms with van der Waals surface area (Å²) in [6.07, 6.45) is 2.07. The standard InChI is InChI=1S/C14H22FNO/c1-4-9-16-12(5-2)10-17-13-8-6-7-11(3)14(13)15/h6-8,12,16H,4-5,9-10H2,1-3H3. The summed E-state index contributed by atoms with van der Waals surface area (Å²) in [5.74, 6) is 0.0968. The van der Waals surface area contributed by atoms with Gasteiger partial charge in [-0.05, 0) is 37.9 Å². The minimum Gasteiger partial charge on any atom is -0.489 e. The average Bonchev–Trinajstić information content (AvgIpc) is 2.34. The van der Waals surface area contributed by atoms with E-state index in [9.17, 15) is 4.39 Å². The third-order valence-corrected chi connectivity index (χ3v) is 2.77. The van der Waals surface area contributed by atoms with Gasteiger partial charge in [0, 0.05) is 6.04 Å². The Morgan fingerprint density at radius 3 is 2.76 bits per heavy atom. The van der Waals surface area contributed by atoms with Crippen molar-refractivity contribution in [1.82, 2.24) is 5.32 Å². The number of ether oxygens (including phenoxy) is 1. The molecule has 0 bridgehead atoms. The van der Waals surface area contributed by atoms with Crippen molar-refractivity contribution in [2.75, 3.05) is 13.2 Å². The van der Waals surface area contributed by atoms with Crippen molar-refractivity contribution in [2.24, 2.45) is 0 Å². The first-order valence-electron chi connectivity index (χ1n) is 6.30. The summed E-state index contributed by atoms with van der Waals surface area (Å²) >= 11 is 0. The van der Waals surface area contributed by atoms with Crippen molar-refractivity contribution < 1.29 is 9.13 Å². The Labute approximate surface area is 103 Å². The number of halogens is 1. The predicted octanol–water partition coefficient (Wildman–Crippen LogP) is 3.29. The first-order chi connectivity index (χ1) is 8.19. The van der Waals surface area contributed by atoms with Crippen molar-refractivity contribution >= 4 is 0 Å². The van der Waals surface area contributed by atoms with E-state index in [0.717, 1.165) is 19.4 Å². The Hall–Kier alpha value is -1.09. The molecule has 1 N–H and O–H groups in total. The fourth-order valence-corrected chi connectivity index (χ4v) is 1.59. The van der Waals surface area contributed by atoms with Gasteiger partial charge in [-0.1, -0.05) is 26.0 Å². The van der Waals surface area contributed by atoms with Crippen LogP contribution < -0.4 is 10.1 Å². The second kappa shape index (κ2) is 7.28. The molecule has 0 saturated carbocycles. The van der Waals surface area contributed by atoms with Gasteiger partial charge >= 0.3 is 0 Å². The fourth-order valence-electron chi connectivity index (χ4n) is 1.59. The smallest absolute Gasteiger partial charge is 0.167 e. The molecule has 1 aromatic rings. The van der Waals surface area contributed by atoms with Crippen LogP contribution in [-0.4, -0.2) is 19.2 Å². The summed E-state index contributed by atoms with van der Waals surface area (Å²) in [5, 5.41) is 3.38. The maximum absolute atomic E-state index is 13.7. The van der Waals surface area contributed by atoms with E-state index in [4.69, 9.17) is 4.74 Å². The van der Waals surface area contributed by atoms with Crippen molar-refractivity contribution in [3.8, 4) is 5.75 Å². The van der Waals surface area contributed by atoms with Gasteiger partial charge in [0.25, 0.3) is 0 Å². The number of hydrogen-bond donors (Lipinski definition) is 1. The summed E-state index contributed by atoms with van der Waals surface area (Å²) in [7, 11) is 0. The molecule has 1 rings (SSSR count). The van der Waals surface area contributed by atoms with Crippen LogP contribution in [0.15, 0.2) is 18.2 Å². The molecule has 0 aliphatic rings. The Morgan fingerprint density at radius 2 is 2.12 bits per heavy atom. The summed E-state index contributed by atoms with van der Waals surface area (Å²) in [4.78, 5) is 0. The van der Waals surface area contributed by atoms with Gasteiger partial charge in [0.15, 0.2) is 11.6 Å². The van der Waals surface area contributed by atoms with Crippen molar-refractivity contribution in [2.45, 2.75) is 39.7 Å². The lowest BCUT2D eigenvalue weighted by Gasteiger charge is -2.17. The molecule has 2 nitrogen and oxygen atoms in total. The molecular formula is C14H22FNO. The highest BCUT2D eigenvalue weighted by Gasteiger charge is 2.09. The van der Waals surface area contributed by atoms with E-state index in [2.05, 4.69) is 19.2 Å². The van der Waals surface area contributed by atoms with E-state index < -0.39 is 0 Å². The monoisotopic (exact) mass is 239 g/mol. The highest BCUT2D eigenvalue weighted by Crippen LogP contribution is 2.19. The van der Waals surface area contributed by atoms with Crippen LogP contribution in [-0.2, 0) is 0 Å². The lowest BCUT2D eigenvalue weighted by molar-refractivity contribution is 0.250. The van der Waals surface area contributed by atoms with Crippen LogP contribution >= 0.6 is 0 Å². The van der Waals surface area contributed by atoms with Gasteiger partial charge < -0.3 is 10.1 Å². The maximum atomic E-state index is 13.7. The van der Waals surface area contributed by atoms with Crippen LogP contribution in [0.25, 0.3) is 0 Å². The molecule has 96 valence electrons. The average molecular weight is 239 g/mol. The lowest BCUT2D eigenvalue weighted by atomic mass is 10.2. The second-order valence-electron chi connectivity index (χ2n) is 4.26. The molecule has 0 amide bonds. The van der Waals surface area contributed by atoms with Crippen molar-refractivity contribution in [3.63, 3.8) is 0 Å². The molecular weight excluding hydrogens is 217 g/mol. The summed E-state index contributed by atoms with van der Waals surface area (Å²) in [5.41, 5.74) is 0.622. The summed E-state index contributed by atoms with van der Waals surface area (Å²) < 4.78 is 19.2. The normalized spacial score (nSPS) is 12.5. The zero-order valence-electron chi connectivity index (χ0n) is 10.9. The minimum absolute atomic E-state index is 0.252. The molecule has 1 unspecified atom stereocenters. The molecule has 0 radical (unpaired) electrons. The molecule has 0 fully saturated rings. The molecule has 0 spiro atoms. The number of aryl methyl sites for hydroxylation is 1. The van der Waals surface area contributed by atoms with Crippen molar-refractivity contribution in [1.29, 1.82) is 0 Å². The number of hydrogen-bond acceptors (Lipinski definition) is 2. The predicted molar refractivity (Wildman–Crippen MR) is 69.0 cm³/mol. The Bertz CT molecular complexity index is 341. The zero-order chi connectivity index (χ0) is 12.7. The minimum atomic E-state index is -0.252. The van der Waals surface area contributed by atoms with Gasteiger partial charge in [0.05, 0.1) is 0 Å². The Balaban J connectivity index is 2.50. The highest BCUT2D eigenvalue weighted by atomic mass is 19.1. The SMILES string of the molecule is CCCNC(CC)COc1cccc(C)c1F. The zero-order valence-corrected chi connectivity index (χ0v) is 10.9. The molecule has 3 heteroatoms. The quantitative estimate of drug-likeness (QED) is 0.788. The Morgan fingerprint density at radius 1 is 1.35 bits per heavy atom. The number of nitrogens with one attached hydrogen (secondary N) is 1. The van der Waals surface area contributed by atoms with Crippen LogP contribution in [0.1, 0.15) is 32.3 Å². The number of benzene rings is 1. The molecule has 1 aromatic carbocycles. The van der Waals surface area contributed by atoms with E-state index >= 15 is 0 Å². The van der Waals surface area contributed by atoms with E-state index in [-0.39, 0.29) is 11.9 Å². The topological polar surface area (TPSA) is 21.3 Å². The highest BCUT2D eigenvalue weighted by molar-refractivity contribution is 5.30. The van der Waals surface area contributed by atoms with Gasteiger partial charge in [0.2, 0.25) is 0 Å². The summed E-state index contributed by atoms with van der Waals surface area (Å²) in [6.45, 7) is 7.45. The van der Waals surface area contributed by atoms with Gasteiger partial charge in [-0.25, -0.2) is 4.39 Å². The molecule has 0 aliphatic carbocycles. The lowest BCUT2D eigenvalue weighted by Crippen LogP contribution is -2.34. The van der Waals surface area contributed by atoms with Crippen LogP contribution in [0.2, 0.25) is 0 Å². The maximum Gasteiger partial charge on any atom is 0.167 e. The Kier molecular flexibility index (Phi) is 5.98. The largest absolute Gasteiger partial charge is 0.489 e. The van der Waals surface area contributed by atoms with Gasteiger partial charge in [0.1, 0.15) is 6.61 Å². The molecule has 0 heterocycles. The molecule has 1 atom stereocenters. The number of rotatable bonds is 7. The third kappa shape index (κ3) is 4.35. The van der Waals surface area contributed by atoms with Crippen LogP contribution in [0.3, 0.4) is 0 Å². The van der Waals surface area contributed by atoms with Gasteiger partial charge in [-0.15, -0.1) is 0 Å². The van der Waals surface area contributed by atoms with Crippen LogP contribution in [0.5, 0.6) is 5.75 Å². The first kappa shape index (κ1) is 14.0. The fraction of sp³-hybridized carbons (Fsp3) is 0.571. The van der Waals surface area contributed by atoms with Crippen LogP contribution in [0, 0.1) is 12.7 Å². The molecule has 0 saturated heterocycles. The summed E-state index contributed by atoms with van der Waals surface area (Å²) in [6, 6.07) is 5.52. The van der Waals surface area contributed by atoms with Gasteiger partial charge in [-0.2, -0.15) is 0 Å².